The van der Waals surface area contributed by atoms with E-state index in [0.29, 0.717) is 25.3 Å². The first-order chi connectivity index (χ1) is 12.1. The van der Waals surface area contributed by atoms with E-state index in [0.717, 1.165) is 38.9 Å². The fraction of sp³-hybridized carbons (Fsp3) is 0.579. The number of urea groups is 1. The fourth-order valence-electron chi connectivity index (χ4n) is 3.97. The van der Waals surface area contributed by atoms with Crippen LogP contribution in [0.15, 0.2) is 30.3 Å². The summed E-state index contributed by atoms with van der Waals surface area (Å²) in [6.07, 6.45) is 4.22. The van der Waals surface area contributed by atoms with Crippen LogP contribution in [0, 0.1) is 5.92 Å². The molecule has 25 heavy (non-hydrogen) atoms. The highest BCUT2D eigenvalue weighted by atomic mass is 16.2. The Morgan fingerprint density at radius 2 is 1.92 bits per heavy atom. The molecular weight excluding hydrogens is 316 g/mol. The molecule has 2 fully saturated rings. The molecule has 4 N–H and O–H groups in total. The summed E-state index contributed by atoms with van der Waals surface area (Å²) < 4.78 is 0. The molecular formula is C19H28N4O2. The number of likely N-dealkylation sites (tertiary alicyclic amines) is 1. The van der Waals surface area contributed by atoms with Crippen LogP contribution in [-0.2, 0) is 11.3 Å². The molecule has 1 heterocycles. The molecule has 0 spiro atoms. The SMILES string of the molecule is NC(=O)C1(NC(=O)NC[C@@H]2CCN(Cc3ccccc3)C2)CCCC1. The normalized spacial score (nSPS) is 22.6. The zero-order valence-corrected chi connectivity index (χ0v) is 14.7. The second-order valence-electron chi connectivity index (χ2n) is 7.36. The lowest BCUT2D eigenvalue weighted by Gasteiger charge is -2.27. The Morgan fingerprint density at radius 1 is 1.20 bits per heavy atom. The van der Waals surface area contributed by atoms with Gasteiger partial charge in [0.2, 0.25) is 5.91 Å². The molecule has 3 rings (SSSR count). The van der Waals surface area contributed by atoms with E-state index in [-0.39, 0.29) is 6.03 Å². The summed E-state index contributed by atoms with van der Waals surface area (Å²) in [7, 11) is 0. The first-order valence-electron chi connectivity index (χ1n) is 9.20. The van der Waals surface area contributed by atoms with Crippen LogP contribution < -0.4 is 16.4 Å². The van der Waals surface area contributed by atoms with Gasteiger partial charge in [0, 0.05) is 19.6 Å². The maximum atomic E-state index is 12.2. The number of hydrogen-bond donors (Lipinski definition) is 3. The minimum Gasteiger partial charge on any atom is -0.368 e. The molecule has 6 heteroatoms. The molecule has 1 atom stereocenters. The van der Waals surface area contributed by atoms with Gasteiger partial charge in [-0.15, -0.1) is 0 Å². The maximum absolute atomic E-state index is 12.2. The summed E-state index contributed by atoms with van der Waals surface area (Å²) in [5.41, 5.74) is 5.97. The molecule has 1 aliphatic carbocycles. The van der Waals surface area contributed by atoms with Crippen molar-refractivity contribution in [1.29, 1.82) is 0 Å². The summed E-state index contributed by atoms with van der Waals surface area (Å²) in [6.45, 7) is 3.62. The lowest BCUT2D eigenvalue weighted by molar-refractivity contribution is -0.123. The quantitative estimate of drug-likeness (QED) is 0.732. The summed E-state index contributed by atoms with van der Waals surface area (Å²) >= 11 is 0. The molecule has 1 aromatic carbocycles. The monoisotopic (exact) mass is 344 g/mol. The zero-order valence-electron chi connectivity index (χ0n) is 14.7. The van der Waals surface area contributed by atoms with Crippen molar-refractivity contribution in [1.82, 2.24) is 15.5 Å². The minimum atomic E-state index is -0.848. The van der Waals surface area contributed by atoms with Gasteiger partial charge in [0.15, 0.2) is 0 Å². The second-order valence-corrected chi connectivity index (χ2v) is 7.36. The van der Waals surface area contributed by atoms with Gasteiger partial charge in [-0.3, -0.25) is 9.69 Å². The average Bonchev–Trinajstić information content (AvgIpc) is 3.24. The van der Waals surface area contributed by atoms with Crippen LogP contribution in [-0.4, -0.2) is 42.0 Å². The molecule has 0 aromatic heterocycles. The summed E-state index contributed by atoms with van der Waals surface area (Å²) in [5, 5.41) is 5.76. The molecule has 3 amide bonds. The molecule has 1 saturated heterocycles. The number of hydrogen-bond acceptors (Lipinski definition) is 3. The molecule has 1 aliphatic heterocycles. The van der Waals surface area contributed by atoms with Crippen LogP contribution >= 0.6 is 0 Å². The van der Waals surface area contributed by atoms with Gasteiger partial charge in [0.1, 0.15) is 5.54 Å². The number of benzene rings is 1. The van der Waals surface area contributed by atoms with Crippen molar-refractivity contribution in [2.45, 2.75) is 44.2 Å². The van der Waals surface area contributed by atoms with E-state index in [1.54, 1.807) is 0 Å². The number of nitrogens with two attached hydrogens (primary N) is 1. The van der Waals surface area contributed by atoms with Crippen LogP contribution in [0.5, 0.6) is 0 Å². The van der Waals surface area contributed by atoms with Gasteiger partial charge >= 0.3 is 6.03 Å². The third-order valence-electron chi connectivity index (χ3n) is 5.45. The second kappa shape index (κ2) is 7.87. The van der Waals surface area contributed by atoms with Gasteiger partial charge in [0.25, 0.3) is 0 Å². The summed E-state index contributed by atoms with van der Waals surface area (Å²) in [5.74, 6) is 0.0256. The first kappa shape index (κ1) is 17.7. The minimum absolute atomic E-state index is 0.276. The van der Waals surface area contributed by atoms with Crippen molar-refractivity contribution >= 4 is 11.9 Å². The molecule has 136 valence electrons. The van der Waals surface area contributed by atoms with Crippen LogP contribution in [0.25, 0.3) is 0 Å². The van der Waals surface area contributed by atoms with Crippen LogP contribution in [0.3, 0.4) is 0 Å². The highest BCUT2D eigenvalue weighted by molar-refractivity contribution is 5.90. The van der Waals surface area contributed by atoms with Gasteiger partial charge < -0.3 is 16.4 Å². The largest absolute Gasteiger partial charge is 0.368 e. The number of carbonyl (C=O) groups is 2. The first-order valence-corrected chi connectivity index (χ1v) is 9.20. The molecule has 0 unspecified atom stereocenters. The van der Waals surface area contributed by atoms with E-state index in [2.05, 4.69) is 39.8 Å². The van der Waals surface area contributed by atoms with Crippen molar-refractivity contribution in [3.05, 3.63) is 35.9 Å². The Kier molecular flexibility index (Phi) is 5.58. The third kappa shape index (κ3) is 4.51. The van der Waals surface area contributed by atoms with Crippen molar-refractivity contribution in [2.24, 2.45) is 11.7 Å². The Bertz CT molecular complexity index is 599. The Morgan fingerprint density at radius 3 is 2.60 bits per heavy atom. The Hall–Kier alpha value is -2.08. The molecule has 1 saturated carbocycles. The van der Waals surface area contributed by atoms with E-state index in [9.17, 15) is 9.59 Å². The maximum Gasteiger partial charge on any atom is 0.315 e. The highest BCUT2D eigenvalue weighted by Crippen LogP contribution is 2.29. The highest BCUT2D eigenvalue weighted by Gasteiger charge is 2.41. The Balaban J connectivity index is 1.42. The van der Waals surface area contributed by atoms with Crippen LogP contribution in [0.1, 0.15) is 37.7 Å². The van der Waals surface area contributed by atoms with Gasteiger partial charge in [-0.2, -0.15) is 0 Å². The number of amides is 3. The van der Waals surface area contributed by atoms with E-state index in [1.165, 1.54) is 5.56 Å². The smallest absolute Gasteiger partial charge is 0.315 e. The van der Waals surface area contributed by atoms with Gasteiger partial charge in [0.05, 0.1) is 0 Å². The van der Waals surface area contributed by atoms with E-state index >= 15 is 0 Å². The lowest BCUT2D eigenvalue weighted by atomic mass is 9.97. The predicted molar refractivity (Wildman–Crippen MR) is 96.8 cm³/mol. The number of rotatable bonds is 6. The van der Waals surface area contributed by atoms with Crippen molar-refractivity contribution in [2.75, 3.05) is 19.6 Å². The van der Waals surface area contributed by atoms with Crippen LogP contribution in [0.2, 0.25) is 0 Å². The zero-order chi connectivity index (χ0) is 17.7. The topological polar surface area (TPSA) is 87.5 Å². The molecule has 0 bridgehead atoms. The fourth-order valence-corrected chi connectivity index (χ4v) is 3.97. The van der Waals surface area contributed by atoms with Gasteiger partial charge in [-0.05, 0) is 37.3 Å². The van der Waals surface area contributed by atoms with E-state index in [4.69, 9.17) is 5.73 Å². The van der Waals surface area contributed by atoms with Gasteiger partial charge in [-0.1, -0.05) is 43.2 Å². The standard InChI is InChI=1S/C19H28N4O2/c20-17(24)19(9-4-5-10-19)22-18(25)21-12-16-8-11-23(14-16)13-15-6-2-1-3-7-15/h1-3,6-7,16H,4-5,8-14H2,(H2,20,24)(H2,21,22,25)/t16-/m0/s1. The predicted octanol–water partition coefficient (Wildman–Crippen LogP) is 1.61. The summed E-state index contributed by atoms with van der Waals surface area (Å²) in [4.78, 5) is 26.3. The Labute approximate surface area is 149 Å². The van der Waals surface area contributed by atoms with Crippen LogP contribution in [0.4, 0.5) is 4.79 Å². The van der Waals surface area contributed by atoms with E-state index < -0.39 is 11.4 Å². The lowest BCUT2D eigenvalue weighted by Crippen LogP contribution is -2.58. The van der Waals surface area contributed by atoms with Gasteiger partial charge in [-0.25, -0.2) is 4.79 Å². The summed E-state index contributed by atoms with van der Waals surface area (Å²) in [6, 6.07) is 10.2. The molecule has 0 radical (unpaired) electrons. The van der Waals surface area contributed by atoms with E-state index in [1.807, 2.05) is 6.07 Å². The van der Waals surface area contributed by atoms with Crippen molar-refractivity contribution < 1.29 is 9.59 Å². The average molecular weight is 344 g/mol. The third-order valence-corrected chi connectivity index (χ3v) is 5.45. The number of primary amides is 1. The van der Waals surface area contributed by atoms with Crippen molar-refractivity contribution in [3.63, 3.8) is 0 Å². The molecule has 1 aromatic rings. The number of nitrogens with zero attached hydrogens (tertiary/aromatic N) is 1. The molecule has 6 nitrogen and oxygen atoms in total. The number of nitrogens with one attached hydrogen (secondary N) is 2. The molecule has 2 aliphatic rings. The van der Waals surface area contributed by atoms with Crippen molar-refractivity contribution in [3.8, 4) is 0 Å². The number of carbonyl (C=O) groups excluding carboxylic acids is 2.